The minimum Gasteiger partial charge on any atom is -0.466 e. The molecule has 20 heavy (non-hydrogen) atoms. The van der Waals surface area contributed by atoms with Gasteiger partial charge in [-0.15, -0.1) is 0 Å². The summed E-state index contributed by atoms with van der Waals surface area (Å²) in [7, 11) is 0. The quantitative estimate of drug-likeness (QED) is 0.858. The number of allylic oxidation sites excluding steroid dienone is 2. The van der Waals surface area contributed by atoms with Gasteiger partial charge in [-0.05, 0) is 60.9 Å². The third kappa shape index (κ3) is 2.48. The first-order valence-electron chi connectivity index (χ1n) is 7.21. The second kappa shape index (κ2) is 5.53. The first-order chi connectivity index (χ1) is 9.78. The van der Waals surface area contributed by atoms with Crippen LogP contribution < -0.4 is 0 Å². The van der Waals surface area contributed by atoms with Crippen molar-refractivity contribution in [1.82, 2.24) is 4.98 Å². The second-order valence-electron chi connectivity index (χ2n) is 5.23. The van der Waals surface area contributed by atoms with Crippen molar-refractivity contribution in [2.75, 3.05) is 6.61 Å². The maximum atomic E-state index is 11.7. The fourth-order valence-corrected chi connectivity index (χ4v) is 2.82. The molecule has 1 aromatic carbocycles. The zero-order chi connectivity index (χ0) is 13.9. The zero-order valence-corrected chi connectivity index (χ0v) is 11.7. The summed E-state index contributed by atoms with van der Waals surface area (Å²) < 4.78 is 5.10. The minimum atomic E-state index is -0.0520. The van der Waals surface area contributed by atoms with Crippen molar-refractivity contribution in [3.05, 3.63) is 42.1 Å². The van der Waals surface area contributed by atoms with E-state index in [1.807, 2.05) is 13.1 Å². The van der Waals surface area contributed by atoms with Gasteiger partial charge in [-0.3, -0.25) is 4.79 Å². The average Bonchev–Trinajstić information content (AvgIpc) is 2.95. The Kier molecular flexibility index (Phi) is 3.59. The van der Waals surface area contributed by atoms with Crippen molar-refractivity contribution in [2.24, 2.45) is 5.92 Å². The first-order valence-corrected chi connectivity index (χ1v) is 7.21. The van der Waals surface area contributed by atoms with Crippen molar-refractivity contribution in [1.29, 1.82) is 0 Å². The number of H-pyrrole nitrogens is 1. The molecule has 0 saturated heterocycles. The molecule has 1 aromatic heterocycles. The molecule has 1 heterocycles. The smallest absolute Gasteiger partial charge is 0.309 e. The molecule has 1 aliphatic carbocycles. The van der Waals surface area contributed by atoms with Gasteiger partial charge in [0.15, 0.2) is 0 Å². The molecule has 104 valence electrons. The number of aromatic amines is 1. The molecule has 1 atom stereocenters. The monoisotopic (exact) mass is 269 g/mol. The van der Waals surface area contributed by atoms with Crippen LogP contribution in [-0.4, -0.2) is 17.6 Å². The molecule has 2 aromatic rings. The highest BCUT2D eigenvalue weighted by molar-refractivity contribution is 5.84. The van der Waals surface area contributed by atoms with E-state index < -0.39 is 0 Å². The van der Waals surface area contributed by atoms with Crippen molar-refractivity contribution in [2.45, 2.75) is 26.2 Å². The third-order valence-electron chi connectivity index (χ3n) is 3.95. The lowest BCUT2D eigenvalue weighted by Crippen LogP contribution is -2.19. The maximum Gasteiger partial charge on any atom is 0.309 e. The highest BCUT2D eigenvalue weighted by Gasteiger charge is 2.23. The zero-order valence-electron chi connectivity index (χ0n) is 11.7. The highest BCUT2D eigenvalue weighted by Crippen LogP contribution is 2.32. The van der Waals surface area contributed by atoms with E-state index in [-0.39, 0.29) is 11.9 Å². The van der Waals surface area contributed by atoms with E-state index in [1.165, 1.54) is 16.5 Å². The van der Waals surface area contributed by atoms with E-state index in [2.05, 4.69) is 35.3 Å². The average molecular weight is 269 g/mol. The number of nitrogens with one attached hydrogen (secondary N) is 1. The number of ether oxygens (including phenoxy) is 1. The standard InChI is InChI=1S/C17H19NO2/c1-2-20-17(19)13-5-3-12(4-6-13)14-7-8-16-15(11-14)9-10-18-16/h3,7-11,13,18H,2,4-6H2,1H3. The van der Waals surface area contributed by atoms with Crippen LogP contribution in [0.15, 0.2) is 36.5 Å². The van der Waals surface area contributed by atoms with Gasteiger partial charge in [-0.2, -0.15) is 0 Å². The fraction of sp³-hybridized carbons (Fsp3) is 0.353. The van der Waals surface area contributed by atoms with E-state index in [1.54, 1.807) is 0 Å². The fourth-order valence-electron chi connectivity index (χ4n) is 2.82. The summed E-state index contributed by atoms with van der Waals surface area (Å²) in [5, 5.41) is 1.23. The lowest BCUT2D eigenvalue weighted by molar-refractivity contribution is -0.148. The number of fused-ring (bicyclic) bond motifs is 1. The number of rotatable bonds is 3. The number of benzene rings is 1. The Balaban J connectivity index is 1.77. The van der Waals surface area contributed by atoms with Gasteiger partial charge in [0.25, 0.3) is 0 Å². The Morgan fingerprint density at radius 1 is 1.40 bits per heavy atom. The predicted molar refractivity (Wildman–Crippen MR) is 80.2 cm³/mol. The molecule has 1 aliphatic rings. The summed E-state index contributed by atoms with van der Waals surface area (Å²) in [4.78, 5) is 14.9. The van der Waals surface area contributed by atoms with Gasteiger partial charge in [-0.25, -0.2) is 0 Å². The molecule has 1 unspecified atom stereocenters. The second-order valence-corrected chi connectivity index (χ2v) is 5.23. The normalized spacial score (nSPS) is 18.9. The molecule has 0 amide bonds. The van der Waals surface area contributed by atoms with Crippen LogP contribution in [0, 0.1) is 5.92 Å². The number of carbonyl (C=O) groups excluding carboxylic acids is 1. The van der Waals surface area contributed by atoms with Gasteiger partial charge in [0.1, 0.15) is 0 Å². The molecule has 3 heteroatoms. The van der Waals surface area contributed by atoms with Crippen molar-refractivity contribution in [3.8, 4) is 0 Å². The topological polar surface area (TPSA) is 42.1 Å². The van der Waals surface area contributed by atoms with Crippen molar-refractivity contribution < 1.29 is 9.53 Å². The van der Waals surface area contributed by atoms with E-state index in [0.29, 0.717) is 6.61 Å². The van der Waals surface area contributed by atoms with Crippen LogP contribution in [0.4, 0.5) is 0 Å². The van der Waals surface area contributed by atoms with Crippen LogP contribution in [0.3, 0.4) is 0 Å². The van der Waals surface area contributed by atoms with Gasteiger partial charge in [0, 0.05) is 11.7 Å². The molecule has 0 aliphatic heterocycles. The van der Waals surface area contributed by atoms with E-state index >= 15 is 0 Å². The van der Waals surface area contributed by atoms with Crippen molar-refractivity contribution >= 4 is 22.4 Å². The number of carbonyl (C=O) groups is 1. The molecule has 1 N–H and O–H groups in total. The summed E-state index contributed by atoms with van der Waals surface area (Å²) >= 11 is 0. The first kappa shape index (κ1) is 13.0. The van der Waals surface area contributed by atoms with Crippen LogP contribution in [0.5, 0.6) is 0 Å². The number of hydrogen-bond acceptors (Lipinski definition) is 2. The molecule has 0 saturated carbocycles. The minimum absolute atomic E-state index is 0.0367. The lowest BCUT2D eigenvalue weighted by atomic mass is 9.86. The van der Waals surface area contributed by atoms with Crippen LogP contribution in [-0.2, 0) is 9.53 Å². The summed E-state index contributed by atoms with van der Waals surface area (Å²) in [6.07, 6.45) is 6.77. The molecule has 0 bridgehead atoms. The molecular weight excluding hydrogens is 250 g/mol. The number of hydrogen-bond donors (Lipinski definition) is 1. The predicted octanol–water partition coefficient (Wildman–Crippen LogP) is 3.91. The molecular formula is C17H19NO2. The molecule has 3 rings (SSSR count). The largest absolute Gasteiger partial charge is 0.466 e. The van der Waals surface area contributed by atoms with Crippen LogP contribution in [0.2, 0.25) is 0 Å². The summed E-state index contributed by atoms with van der Waals surface area (Å²) in [5.74, 6) is -0.0152. The Hall–Kier alpha value is -2.03. The molecule has 0 spiro atoms. The van der Waals surface area contributed by atoms with Gasteiger partial charge in [0.2, 0.25) is 0 Å². The maximum absolute atomic E-state index is 11.7. The van der Waals surface area contributed by atoms with Gasteiger partial charge in [0.05, 0.1) is 12.5 Å². The van der Waals surface area contributed by atoms with Gasteiger partial charge in [-0.1, -0.05) is 12.1 Å². The Bertz CT molecular complexity index is 654. The van der Waals surface area contributed by atoms with Gasteiger partial charge < -0.3 is 9.72 Å². The van der Waals surface area contributed by atoms with Crippen molar-refractivity contribution in [3.63, 3.8) is 0 Å². The van der Waals surface area contributed by atoms with E-state index in [4.69, 9.17) is 4.74 Å². The third-order valence-corrected chi connectivity index (χ3v) is 3.95. The summed E-state index contributed by atoms with van der Waals surface area (Å²) in [5.41, 5.74) is 3.77. The summed E-state index contributed by atoms with van der Waals surface area (Å²) in [6.45, 7) is 2.32. The lowest BCUT2D eigenvalue weighted by Gasteiger charge is -2.20. The van der Waals surface area contributed by atoms with Crippen LogP contribution in [0.1, 0.15) is 31.7 Å². The molecule has 0 radical (unpaired) electrons. The number of esters is 1. The Labute approximate surface area is 118 Å². The Morgan fingerprint density at radius 2 is 2.30 bits per heavy atom. The molecule has 3 nitrogen and oxygen atoms in total. The Morgan fingerprint density at radius 3 is 3.05 bits per heavy atom. The van der Waals surface area contributed by atoms with E-state index in [9.17, 15) is 4.79 Å². The number of aromatic nitrogens is 1. The molecule has 0 fully saturated rings. The highest BCUT2D eigenvalue weighted by atomic mass is 16.5. The van der Waals surface area contributed by atoms with Crippen LogP contribution >= 0.6 is 0 Å². The van der Waals surface area contributed by atoms with E-state index in [0.717, 1.165) is 24.8 Å². The summed E-state index contributed by atoms with van der Waals surface area (Å²) in [6, 6.07) is 8.56. The van der Waals surface area contributed by atoms with Crippen LogP contribution in [0.25, 0.3) is 16.5 Å². The SMILES string of the molecule is CCOC(=O)C1CC=C(c2ccc3[nH]ccc3c2)CC1. The van der Waals surface area contributed by atoms with Gasteiger partial charge >= 0.3 is 5.97 Å².